The van der Waals surface area contributed by atoms with E-state index in [0.717, 1.165) is 59.9 Å². The lowest BCUT2D eigenvalue weighted by Crippen LogP contribution is -2.63. The minimum absolute atomic E-state index is 0.0111. The van der Waals surface area contributed by atoms with E-state index in [1.807, 2.05) is 36.4 Å². The maximum Gasteiger partial charge on any atom is 0.311 e. The lowest BCUT2D eigenvalue weighted by Gasteiger charge is -2.70. The van der Waals surface area contributed by atoms with Crippen molar-refractivity contribution in [3.63, 3.8) is 0 Å². The number of esters is 1. The summed E-state index contributed by atoms with van der Waals surface area (Å²) in [4.78, 5) is 31.0. The molecular formula is C46H52N2O4. The zero-order chi connectivity index (χ0) is 36.8. The van der Waals surface area contributed by atoms with Gasteiger partial charge in [-0.15, -0.1) is 0 Å². The van der Waals surface area contributed by atoms with Crippen LogP contribution in [0.1, 0.15) is 111 Å². The van der Waals surface area contributed by atoms with E-state index in [2.05, 4.69) is 90.2 Å². The van der Waals surface area contributed by atoms with Crippen LogP contribution in [0.15, 0.2) is 71.2 Å². The Morgan fingerprint density at radius 2 is 1.65 bits per heavy atom. The van der Waals surface area contributed by atoms with Crippen molar-refractivity contribution in [2.75, 3.05) is 7.11 Å². The quantitative estimate of drug-likeness (QED) is 0.210. The summed E-state index contributed by atoms with van der Waals surface area (Å²) in [5.41, 5.74) is 9.84. The largest absolute Gasteiger partial charge is 0.469 e. The van der Waals surface area contributed by atoms with Crippen molar-refractivity contribution in [3.8, 4) is 11.5 Å². The first-order valence-electron chi connectivity index (χ1n) is 19.0. The number of aromatic nitrogens is 1. The number of oxazole rings is 1. The molecule has 270 valence electrons. The molecule has 0 aliphatic heterocycles. The molecule has 0 radical (unpaired) electrons. The van der Waals surface area contributed by atoms with E-state index in [1.165, 1.54) is 35.8 Å². The molecule has 4 aliphatic rings. The van der Waals surface area contributed by atoms with Gasteiger partial charge in [0.25, 0.3) is 5.91 Å². The Morgan fingerprint density at radius 3 is 2.37 bits per heavy atom. The summed E-state index contributed by atoms with van der Waals surface area (Å²) in [6.07, 6.45) is 13.5. The van der Waals surface area contributed by atoms with Gasteiger partial charge in [0.15, 0.2) is 5.58 Å². The molecule has 4 aliphatic carbocycles. The lowest BCUT2D eigenvalue weighted by molar-refractivity contribution is -0.190. The molecule has 6 atom stereocenters. The molecule has 3 aromatic carbocycles. The molecule has 6 nitrogen and oxygen atoms in total. The number of hydrogen-bond acceptors (Lipinski definition) is 5. The number of carbonyl (C=O) groups is 2. The van der Waals surface area contributed by atoms with Gasteiger partial charge in [-0.05, 0) is 134 Å². The second-order valence-electron chi connectivity index (χ2n) is 17.6. The van der Waals surface area contributed by atoms with E-state index in [9.17, 15) is 9.59 Å². The van der Waals surface area contributed by atoms with E-state index in [4.69, 9.17) is 14.1 Å². The van der Waals surface area contributed by atoms with Crippen molar-refractivity contribution < 1.29 is 18.7 Å². The van der Waals surface area contributed by atoms with Crippen molar-refractivity contribution in [1.82, 2.24) is 10.3 Å². The molecule has 1 aromatic heterocycles. The van der Waals surface area contributed by atoms with Gasteiger partial charge in [-0.1, -0.05) is 75.8 Å². The SMILES string of the molecule is COC(=O)[C@]1(C)CC[C@]2(C)CC[C@@]3(C)[C@@](C)(CC=C4c5cc6nc(-c7ccc(C(=O)NCc8ccc(C)cc8)cc7)oc6c(C)c5C=C[C@]43C)[C@H]2C1. The normalized spacial score (nSPS) is 31.8. The van der Waals surface area contributed by atoms with E-state index in [1.54, 1.807) is 0 Å². The van der Waals surface area contributed by atoms with Crippen LogP contribution >= 0.6 is 0 Å². The van der Waals surface area contributed by atoms with E-state index >= 15 is 0 Å². The minimum atomic E-state index is -0.443. The third kappa shape index (κ3) is 4.92. The molecule has 0 spiro atoms. The summed E-state index contributed by atoms with van der Waals surface area (Å²) < 4.78 is 11.8. The zero-order valence-electron chi connectivity index (χ0n) is 32.0. The topological polar surface area (TPSA) is 81.4 Å². The van der Waals surface area contributed by atoms with E-state index in [-0.39, 0.29) is 33.5 Å². The molecule has 8 rings (SSSR count). The fourth-order valence-corrected chi connectivity index (χ4v) is 11.0. The number of aryl methyl sites for hydroxylation is 2. The molecule has 1 N–H and O–H groups in total. The van der Waals surface area contributed by atoms with Crippen LogP contribution in [0.25, 0.3) is 34.2 Å². The summed E-state index contributed by atoms with van der Waals surface area (Å²) in [5, 5.41) is 3.02. The number of fused-ring (bicyclic) bond motifs is 8. The number of carbonyl (C=O) groups excluding carboxylic acids is 2. The number of benzene rings is 3. The monoisotopic (exact) mass is 696 g/mol. The number of ether oxygens (including phenoxy) is 1. The highest BCUT2D eigenvalue weighted by Crippen LogP contribution is 2.76. The summed E-state index contributed by atoms with van der Waals surface area (Å²) in [5.74, 6) is 0.789. The lowest BCUT2D eigenvalue weighted by atomic mass is 9.33. The van der Waals surface area contributed by atoms with Crippen LogP contribution in [-0.4, -0.2) is 24.0 Å². The summed E-state index contributed by atoms with van der Waals surface area (Å²) in [6.45, 7) is 16.8. The molecule has 1 amide bonds. The molecule has 6 heteroatoms. The molecule has 0 unspecified atom stereocenters. The van der Waals surface area contributed by atoms with Gasteiger partial charge in [0.1, 0.15) is 5.52 Å². The predicted molar refractivity (Wildman–Crippen MR) is 207 cm³/mol. The van der Waals surface area contributed by atoms with Crippen molar-refractivity contribution in [2.24, 2.45) is 33.0 Å². The number of nitrogens with one attached hydrogen (secondary N) is 1. The van der Waals surface area contributed by atoms with Crippen LogP contribution in [0.4, 0.5) is 0 Å². The average molecular weight is 697 g/mol. The Bertz CT molecular complexity index is 2180. The maximum absolute atomic E-state index is 13.1. The Hall–Kier alpha value is -4.45. The average Bonchev–Trinajstić information content (AvgIpc) is 3.57. The van der Waals surface area contributed by atoms with Crippen molar-refractivity contribution in [3.05, 3.63) is 100 Å². The van der Waals surface area contributed by atoms with Crippen molar-refractivity contribution in [2.45, 2.75) is 93.5 Å². The Morgan fingerprint density at radius 1 is 0.942 bits per heavy atom. The number of methoxy groups -OCH3 is 1. The fourth-order valence-electron chi connectivity index (χ4n) is 11.0. The highest BCUT2D eigenvalue weighted by molar-refractivity contribution is 5.96. The molecule has 52 heavy (non-hydrogen) atoms. The standard InChI is InChI=1S/C46H52N2O4/c1-28-9-11-30(12-10-28)27-47-39(49)31-13-15-32(16-14-31)40-48-36-25-34-33(29(2)38(36)52-40)17-19-44(5)35(34)18-20-45(6)37-26-43(4,41(50)51-8)22-21-42(37,3)23-24-46(44,45)7/h9-19,25,37H,20-24,26-27H2,1-8H3,(H,47,49)/t37-,42+,43+,44+,45-,46+/m0/s1. The van der Waals surface area contributed by atoms with Gasteiger partial charge in [0, 0.05) is 28.7 Å². The fraction of sp³-hybridized carbons (Fsp3) is 0.457. The molecule has 0 bridgehead atoms. The molecule has 2 saturated carbocycles. The van der Waals surface area contributed by atoms with Gasteiger partial charge in [-0.2, -0.15) is 0 Å². The smallest absolute Gasteiger partial charge is 0.311 e. The van der Waals surface area contributed by atoms with Crippen LogP contribution in [0.5, 0.6) is 0 Å². The number of rotatable bonds is 5. The van der Waals surface area contributed by atoms with Gasteiger partial charge >= 0.3 is 5.97 Å². The summed E-state index contributed by atoms with van der Waals surface area (Å²) in [7, 11) is 1.54. The van der Waals surface area contributed by atoms with E-state index in [0.29, 0.717) is 23.9 Å². The van der Waals surface area contributed by atoms with Gasteiger partial charge < -0.3 is 14.5 Å². The van der Waals surface area contributed by atoms with Crippen LogP contribution in [0.3, 0.4) is 0 Å². The Labute approximate surface area is 308 Å². The van der Waals surface area contributed by atoms with Gasteiger partial charge in [-0.3, -0.25) is 9.59 Å². The number of hydrogen-bond donors (Lipinski definition) is 1. The first kappa shape index (κ1) is 34.6. The molecule has 4 aromatic rings. The Balaban J connectivity index is 1.10. The van der Waals surface area contributed by atoms with Crippen LogP contribution in [0.2, 0.25) is 0 Å². The Kier molecular flexibility index (Phi) is 7.84. The molecule has 2 fully saturated rings. The van der Waals surface area contributed by atoms with Gasteiger partial charge in [0.2, 0.25) is 5.89 Å². The van der Waals surface area contributed by atoms with E-state index < -0.39 is 5.41 Å². The summed E-state index contributed by atoms with van der Waals surface area (Å²) >= 11 is 0. The van der Waals surface area contributed by atoms with Gasteiger partial charge in [0.05, 0.1) is 12.5 Å². The van der Waals surface area contributed by atoms with Gasteiger partial charge in [-0.25, -0.2) is 4.98 Å². The van der Waals surface area contributed by atoms with Crippen LogP contribution in [-0.2, 0) is 16.1 Å². The maximum atomic E-state index is 13.1. The summed E-state index contributed by atoms with van der Waals surface area (Å²) in [6, 6.07) is 17.9. The molecular weight excluding hydrogens is 645 g/mol. The van der Waals surface area contributed by atoms with Crippen molar-refractivity contribution >= 4 is 34.6 Å². The number of allylic oxidation sites excluding steroid dienone is 3. The van der Waals surface area contributed by atoms with Crippen LogP contribution < -0.4 is 5.32 Å². The first-order valence-corrected chi connectivity index (χ1v) is 19.0. The molecule has 1 heterocycles. The number of nitrogens with zero attached hydrogens (tertiary/aromatic N) is 1. The third-order valence-electron chi connectivity index (χ3n) is 14.9. The highest BCUT2D eigenvalue weighted by Gasteiger charge is 2.68. The molecule has 0 saturated heterocycles. The second kappa shape index (κ2) is 11.8. The highest BCUT2D eigenvalue weighted by atomic mass is 16.5. The predicted octanol–water partition coefficient (Wildman–Crippen LogP) is 10.7. The number of amides is 1. The zero-order valence-corrected chi connectivity index (χ0v) is 32.0. The second-order valence-corrected chi connectivity index (χ2v) is 17.6. The minimum Gasteiger partial charge on any atom is -0.469 e. The third-order valence-corrected chi connectivity index (χ3v) is 14.9. The first-order chi connectivity index (χ1) is 24.6. The van der Waals surface area contributed by atoms with Crippen molar-refractivity contribution in [1.29, 1.82) is 0 Å². The van der Waals surface area contributed by atoms with Crippen LogP contribution in [0, 0.1) is 46.8 Å².